The molecule has 80 valence electrons. The number of hydrogen-bond acceptors (Lipinski definition) is 6. The fraction of sp³-hybridized carbons (Fsp3) is 0.429. The highest BCUT2D eigenvalue weighted by Gasteiger charge is 2.55. The highest BCUT2D eigenvalue weighted by Crippen LogP contribution is 2.28. The average molecular weight is 210 g/mol. The van der Waals surface area contributed by atoms with E-state index in [2.05, 4.69) is 15.5 Å². The van der Waals surface area contributed by atoms with Crippen LogP contribution in [-0.2, 0) is 4.79 Å². The van der Waals surface area contributed by atoms with Gasteiger partial charge in [0.05, 0.1) is 5.97 Å². The summed E-state index contributed by atoms with van der Waals surface area (Å²) >= 11 is 0. The predicted octanol–water partition coefficient (Wildman–Crippen LogP) is -2.63. The van der Waals surface area contributed by atoms with Gasteiger partial charge in [0.1, 0.15) is 6.34 Å². The van der Waals surface area contributed by atoms with Crippen molar-refractivity contribution in [3.05, 3.63) is 0 Å². The fourth-order valence-corrected chi connectivity index (χ4v) is 1.63. The van der Waals surface area contributed by atoms with E-state index in [4.69, 9.17) is 0 Å². The first kappa shape index (κ1) is 9.44. The standard InChI is InChI=1S/C7H9N5O3/c1-11-4-7(5(13)14,8-3-9-10-4)12(2)6(11)15/h3H,1-2H3,(H,8,9)(H,13,14)/p-1/t7-/m1/s1. The zero-order valence-electron chi connectivity index (χ0n) is 8.09. The van der Waals surface area contributed by atoms with Crippen molar-refractivity contribution >= 4 is 24.2 Å². The van der Waals surface area contributed by atoms with Gasteiger partial charge >= 0.3 is 6.03 Å². The number of amides is 2. The summed E-state index contributed by atoms with van der Waals surface area (Å²) in [7, 11) is 2.75. The zero-order chi connectivity index (χ0) is 11.2. The number of fused-ring (bicyclic) bond motifs is 1. The number of urea groups is 1. The Morgan fingerprint density at radius 1 is 1.60 bits per heavy atom. The number of hydrogen-bond donors (Lipinski definition) is 1. The third-order valence-electron chi connectivity index (χ3n) is 2.45. The first-order valence-electron chi connectivity index (χ1n) is 4.12. The maximum atomic E-state index is 11.6. The quantitative estimate of drug-likeness (QED) is 0.511. The van der Waals surface area contributed by atoms with E-state index in [1.807, 2.05) is 0 Å². The number of carboxylic acid groups (broad SMARTS) is 1. The molecule has 0 aromatic heterocycles. The van der Waals surface area contributed by atoms with Gasteiger partial charge in [0, 0.05) is 14.1 Å². The predicted molar refractivity (Wildman–Crippen MR) is 47.7 cm³/mol. The minimum atomic E-state index is -1.84. The van der Waals surface area contributed by atoms with Gasteiger partial charge in [-0.25, -0.2) is 9.79 Å². The van der Waals surface area contributed by atoms with Crippen LogP contribution in [0.3, 0.4) is 0 Å². The van der Waals surface area contributed by atoms with Crippen LogP contribution >= 0.6 is 0 Å². The number of carbonyl (C=O) groups is 2. The summed E-state index contributed by atoms with van der Waals surface area (Å²) in [4.78, 5) is 28.5. The second kappa shape index (κ2) is 2.69. The van der Waals surface area contributed by atoms with Crippen LogP contribution in [0.15, 0.2) is 10.1 Å². The number of aliphatic imine (C=N–C) groups is 1. The molecule has 1 atom stereocenters. The maximum Gasteiger partial charge on any atom is 0.327 e. The SMILES string of the molecule is CN1C(=O)N(C)[C@]2(C(=O)[O-])N=CNN=C12. The molecule has 2 aliphatic heterocycles. The topological polar surface area (TPSA) is 100 Å². The Balaban J connectivity index is 2.61. The molecule has 0 unspecified atom stereocenters. The van der Waals surface area contributed by atoms with Crippen molar-refractivity contribution in [3.8, 4) is 0 Å². The van der Waals surface area contributed by atoms with Gasteiger partial charge in [-0.05, 0) is 0 Å². The van der Waals surface area contributed by atoms with Crippen LogP contribution in [0.25, 0.3) is 0 Å². The minimum absolute atomic E-state index is 0.00231. The van der Waals surface area contributed by atoms with Gasteiger partial charge in [0.25, 0.3) is 0 Å². The lowest BCUT2D eigenvalue weighted by molar-refractivity contribution is -0.313. The lowest BCUT2D eigenvalue weighted by Crippen LogP contribution is -2.60. The van der Waals surface area contributed by atoms with Crippen LogP contribution in [0.2, 0.25) is 0 Å². The molecular weight excluding hydrogens is 202 g/mol. The number of nitrogens with zero attached hydrogens (tertiary/aromatic N) is 4. The fourth-order valence-electron chi connectivity index (χ4n) is 1.63. The molecule has 15 heavy (non-hydrogen) atoms. The Morgan fingerprint density at radius 3 is 2.80 bits per heavy atom. The van der Waals surface area contributed by atoms with Gasteiger partial charge < -0.3 is 9.90 Å². The molecule has 8 heteroatoms. The van der Waals surface area contributed by atoms with E-state index in [-0.39, 0.29) is 5.84 Å². The zero-order valence-corrected chi connectivity index (χ0v) is 8.09. The summed E-state index contributed by atoms with van der Waals surface area (Å²) in [6.45, 7) is 0. The van der Waals surface area contributed by atoms with Crippen LogP contribution in [0.5, 0.6) is 0 Å². The monoisotopic (exact) mass is 210 g/mol. The molecule has 0 saturated carbocycles. The smallest absolute Gasteiger partial charge is 0.327 e. The molecule has 0 bridgehead atoms. The lowest BCUT2D eigenvalue weighted by Gasteiger charge is -2.32. The van der Waals surface area contributed by atoms with Crippen molar-refractivity contribution in [2.24, 2.45) is 10.1 Å². The molecule has 2 aliphatic rings. The number of carboxylic acids is 1. The first-order chi connectivity index (χ1) is 7.01. The largest absolute Gasteiger partial charge is 0.545 e. The molecular formula is C7H8N5O3-. The highest BCUT2D eigenvalue weighted by atomic mass is 16.4. The van der Waals surface area contributed by atoms with Gasteiger partial charge in [-0.1, -0.05) is 0 Å². The number of likely N-dealkylation sites (N-methyl/N-ethyl adjacent to an activating group) is 2. The molecule has 0 radical (unpaired) electrons. The molecule has 1 saturated heterocycles. The average Bonchev–Trinajstić information content (AvgIpc) is 2.43. The molecule has 8 nitrogen and oxygen atoms in total. The van der Waals surface area contributed by atoms with Crippen LogP contribution in [0.4, 0.5) is 4.79 Å². The van der Waals surface area contributed by atoms with E-state index in [0.29, 0.717) is 0 Å². The number of hydrazone groups is 1. The Bertz CT molecular complexity index is 403. The molecule has 2 heterocycles. The number of amidine groups is 1. The Labute approximate surface area is 84.9 Å². The second-order valence-electron chi connectivity index (χ2n) is 3.18. The summed E-state index contributed by atoms with van der Waals surface area (Å²) in [6.07, 6.45) is 1.11. The van der Waals surface area contributed by atoms with Gasteiger partial charge in [0.2, 0.25) is 5.66 Å². The van der Waals surface area contributed by atoms with Crippen molar-refractivity contribution in [2.45, 2.75) is 5.66 Å². The molecule has 2 rings (SSSR count). The summed E-state index contributed by atoms with van der Waals surface area (Å²) in [5.74, 6) is -1.49. The molecule has 1 fully saturated rings. The Morgan fingerprint density at radius 2 is 2.27 bits per heavy atom. The van der Waals surface area contributed by atoms with Crippen molar-refractivity contribution < 1.29 is 14.7 Å². The maximum absolute atomic E-state index is 11.6. The number of carbonyl (C=O) groups excluding carboxylic acids is 2. The van der Waals surface area contributed by atoms with Crippen molar-refractivity contribution in [1.82, 2.24) is 15.2 Å². The summed E-state index contributed by atoms with van der Waals surface area (Å²) in [6, 6.07) is -0.501. The van der Waals surface area contributed by atoms with E-state index < -0.39 is 17.7 Å². The van der Waals surface area contributed by atoms with Crippen LogP contribution < -0.4 is 10.5 Å². The van der Waals surface area contributed by atoms with Crippen molar-refractivity contribution in [1.29, 1.82) is 0 Å². The van der Waals surface area contributed by atoms with E-state index in [0.717, 1.165) is 16.1 Å². The molecule has 1 N–H and O–H groups in total. The van der Waals surface area contributed by atoms with Crippen LogP contribution in [-0.4, -0.2) is 53.7 Å². The van der Waals surface area contributed by atoms with E-state index in [1.54, 1.807) is 0 Å². The Kier molecular flexibility index (Phi) is 1.69. The summed E-state index contributed by atoms with van der Waals surface area (Å²) in [5, 5.41) is 14.8. The third-order valence-corrected chi connectivity index (χ3v) is 2.45. The third kappa shape index (κ3) is 0.901. The summed E-state index contributed by atoms with van der Waals surface area (Å²) < 4.78 is 0. The van der Waals surface area contributed by atoms with Crippen LogP contribution in [0, 0.1) is 0 Å². The Hall–Kier alpha value is -2.12. The van der Waals surface area contributed by atoms with E-state index in [9.17, 15) is 14.7 Å². The number of aliphatic carboxylic acids is 1. The normalized spacial score (nSPS) is 28.7. The summed E-state index contributed by atoms with van der Waals surface area (Å²) in [5.41, 5.74) is 0.556. The second-order valence-corrected chi connectivity index (χ2v) is 3.18. The van der Waals surface area contributed by atoms with E-state index >= 15 is 0 Å². The van der Waals surface area contributed by atoms with Crippen molar-refractivity contribution in [2.75, 3.05) is 14.1 Å². The van der Waals surface area contributed by atoms with Gasteiger partial charge in [0.15, 0.2) is 5.84 Å². The van der Waals surface area contributed by atoms with Gasteiger partial charge in [-0.15, -0.1) is 0 Å². The molecule has 0 aromatic rings. The molecule has 2 amide bonds. The molecule has 0 aliphatic carbocycles. The lowest BCUT2D eigenvalue weighted by atomic mass is 10.1. The first-order valence-corrected chi connectivity index (χ1v) is 4.12. The van der Waals surface area contributed by atoms with Crippen molar-refractivity contribution in [3.63, 3.8) is 0 Å². The molecule has 0 spiro atoms. The van der Waals surface area contributed by atoms with Crippen LogP contribution in [0.1, 0.15) is 0 Å². The van der Waals surface area contributed by atoms with Gasteiger partial charge in [-0.3, -0.25) is 15.2 Å². The van der Waals surface area contributed by atoms with Gasteiger partial charge in [-0.2, -0.15) is 5.10 Å². The van der Waals surface area contributed by atoms with E-state index in [1.165, 1.54) is 14.1 Å². The highest BCUT2D eigenvalue weighted by molar-refractivity contribution is 6.20. The minimum Gasteiger partial charge on any atom is -0.545 e. The number of nitrogens with one attached hydrogen (secondary N) is 1. The molecule has 0 aromatic carbocycles. The number of rotatable bonds is 1.